The molecule has 9 nitrogen and oxygen atoms in total. The summed E-state index contributed by atoms with van der Waals surface area (Å²) in [6.45, 7) is 1.23. The molecule has 1 aromatic rings. The lowest BCUT2D eigenvalue weighted by molar-refractivity contribution is -0.0928. The van der Waals surface area contributed by atoms with Crippen molar-refractivity contribution in [1.29, 1.82) is 0 Å². The van der Waals surface area contributed by atoms with Gasteiger partial charge in [-0.1, -0.05) is 0 Å². The second-order valence-electron chi connectivity index (χ2n) is 4.88. The third kappa shape index (κ3) is 4.36. The molecule has 21 heavy (non-hydrogen) atoms. The number of nitrogens with two attached hydrogens (primary N) is 1. The van der Waals surface area contributed by atoms with Gasteiger partial charge in [-0.25, -0.2) is 9.46 Å². The molecule has 2 heterocycles. The highest BCUT2D eigenvalue weighted by Crippen LogP contribution is 2.25. The number of nitrogens with zero attached hydrogens (tertiary/aromatic N) is 3. The number of ether oxygens (including phenoxy) is 1. The Morgan fingerprint density at radius 2 is 2.38 bits per heavy atom. The molecular formula is C11H20N5O4P. The molecule has 2 rings (SSSR count). The first kappa shape index (κ1) is 16.1. The van der Waals surface area contributed by atoms with Crippen molar-refractivity contribution >= 4 is 14.0 Å². The molecular weight excluding hydrogens is 297 g/mol. The average Bonchev–Trinajstić information content (AvgIpc) is 2.45. The number of rotatable bonds is 5. The molecule has 3 N–H and O–H groups in total. The Balaban J connectivity index is 1.97. The maximum absolute atomic E-state index is 11.8. The van der Waals surface area contributed by atoms with Gasteiger partial charge in [0.1, 0.15) is 5.82 Å². The third-order valence-electron chi connectivity index (χ3n) is 2.96. The normalized spacial score (nSPS) is 24.1. The maximum Gasteiger partial charge on any atom is 0.351 e. The molecule has 10 heteroatoms. The average molecular weight is 317 g/mol. The van der Waals surface area contributed by atoms with E-state index in [4.69, 9.17) is 15.0 Å². The quantitative estimate of drug-likeness (QED) is 0.684. The van der Waals surface area contributed by atoms with Gasteiger partial charge < -0.3 is 20.3 Å². The van der Waals surface area contributed by atoms with E-state index >= 15 is 0 Å². The van der Waals surface area contributed by atoms with E-state index in [0.717, 1.165) is 0 Å². The maximum atomic E-state index is 11.8. The Hall–Kier alpha value is -1.25. The molecule has 1 saturated heterocycles. The summed E-state index contributed by atoms with van der Waals surface area (Å²) in [4.78, 5) is 15.4. The molecule has 1 aliphatic heterocycles. The van der Waals surface area contributed by atoms with Crippen molar-refractivity contribution in [3.05, 3.63) is 22.7 Å². The second-order valence-corrected chi connectivity index (χ2v) is 6.60. The SMILES string of the molecule is CN(C)[PH](=O)OC[C@@H]1CNCC(n2ccc(N)nc2=O)O1. The van der Waals surface area contributed by atoms with Gasteiger partial charge in [-0.05, 0) is 20.2 Å². The van der Waals surface area contributed by atoms with Gasteiger partial charge in [0.15, 0.2) is 6.23 Å². The zero-order valence-electron chi connectivity index (χ0n) is 12.0. The van der Waals surface area contributed by atoms with Crippen LogP contribution in [0, 0.1) is 0 Å². The van der Waals surface area contributed by atoms with E-state index in [1.54, 1.807) is 20.3 Å². The topological polar surface area (TPSA) is 112 Å². The first-order valence-corrected chi connectivity index (χ1v) is 7.78. The first-order valence-electron chi connectivity index (χ1n) is 6.52. The van der Waals surface area contributed by atoms with Crippen LogP contribution in [-0.2, 0) is 13.8 Å². The van der Waals surface area contributed by atoms with Crippen LogP contribution in [-0.4, -0.2) is 54.1 Å². The van der Waals surface area contributed by atoms with Crippen molar-refractivity contribution in [2.45, 2.75) is 12.3 Å². The lowest BCUT2D eigenvalue weighted by Gasteiger charge is -2.31. The molecule has 1 aliphatic rings. The summed E-state index contributed by atoms with van der Waals surface area (Å²) >= 11 is 0. The molecule has 0 spiro atoms. The van der Waals surface area contributed by atoms with E-state index in [-0.39, 0.29) is 18.5 Å². The minimum absolute atomic E-state index is 0.171. The van der Waals surface area contributed by atoms with Crippen molar-refractivity contribution in [3.8, 4) is 0 Å². The standard InChI is InChI=1S/C11H20N5O4P/c1-15(2)21(18)19-7-8-5-13-6-10(20-8)16-4-3-9(12)14-11(16)17/h3-4,8,10,13,21H,5-7H2,1-2H3,(H2,12,14,17)/t8-,10?/m0/s1. The number of nitrogen functional groups attached to an aromatic ring is 1. The molecule has 0 aromatic carbocycles. The predicted molar refractivity (Wildman–Crippen MR) is 78.3 cm³/mol. The Bertz CT molecular complexity index is 564. The minimum atomic E-state index is -2.22. The largest absolute Gasteiger partial charge is 0.383 e. The smallest absolute Gasteiger partial charge is 0.351 e. The number of hydrogen-bond donors (Lipinski definition) is 2. The minimum Gasteiger partial charge on any atom is -0.383 e. The fourth-order valence-electron chi connectivity index (χ4n) is 1.89. The first-order chi connectivity index (χ1) is 9.97. The van der Waals surface area contributed by atoms with E-state index in [1.165, 1.54) is 15.3 Å². The Morgan fingerprint density at radius 3 is 3.05 bits per heavy atom. The van der Waals surface area contributed by atoms with E-state index in [0.29, 0.717) is 13.1 Å². The zero-order chi connectivity index (χ0) is 15.4. The number of aromatic nitrogens is 2. The molecule has 0 radical (unpaired) electrons. The lowest BCUT2D eigenvalue weighted by atomic mass is 10.3. The highest BCUT2D eigenvalue weighted by molar-refractivity contribution is 7.36. The monoisotopic (exact) mass is 317 g/mol. The summed E-state index contributed by atoms with van der Waals surface area (Å²) < 4.78 is 25.5. The van der Waals surface area contributed by atoms with E-state index in [9.17, 15) is 9.36 Å². The van der Waals surface area contributed by atoms with Gasteiger partial charge in [0.25, 0.3) is 8.18 Å². The third-order valence-corrected chi connectivity index (χ3v) is 4.10. The molecule has 1 fully saturated rings. The van der Waals surface area contributed by atoms with Crippen LogP contribution in [0.25, 0.3) is 0 Å². The van der Waals surface area contributed by atoms with Crippen LogP contribution in [0.5, 0.6) is 0 Å². The number of nitrogens with one attached hydrogen (secondary N) is 1. The van der Waals surface area contributed by atoms with Crippen LogP contribution >= 0.6 is 8.18 Å². The summed E-state index contributed by atoms with van der Waals surface area (Å²) in [5.41, 5.74) is 4.99. The molecule has 3 atom stereocenters. The number of morpholine rings is 1. The Morgan fingerprint density at radius 1 is 1.62 bits per heavy atom. The molecule has 0 amide bonds. The molecule has 0 bridgehead atoms. The van der Waals surface area contributed by atoms with Crippen molar-refractivity contribution in [3.63, 3.8) is 0 Å². The van der Waals surface area contributed by atoms with Gasteiger partial charge in [-0.3, -0.25) is 9.13 Å². The van der Waals surface area contributed by atoms with Crippen LogP contribution < -0.4 is 16.7 Å². The molecule has 1 aromatic heterocycles. The van der Waals surface area contributed by atoms with Crippen molar-refractivity contribution in [1.82, 2.24) is 19.5 Å². The van der Waals surface area contributed by atoms with Gasteiger partial charge >= 0.3 is 5.69 Å². The summed E-state index contributed by atoms with van der Waals surface area (Å²) in [6.07, 6.45) is 0.764. The molecule has 2 unspecified atom stereocenters. The Kier molecular flexibility index (Phi) is 5.49. The molecule has 0 saturated carbocycles. The van der Waals surface area contributed by atoms with Crippen LogP contribution in [0.4, 0.5) is 5.82 Å². The number of hydrogen-bond acceptors (Lipinski definition) is 7. The molecule has 0 aliphatic carbocycles. The van der Waals surface area contributed by atoms with Crippen LogP contribution in [0.3, 0.4) is 0 Å². The number of anilines is 1. The fourth-order valence-corrected chi connectivity index (χ4v) is 2.47. The Labute approximate surface area is 123 Å². The van der Waals surface area contributed by atoms with Gasteiger partial charge in [-0.15, -0.1) is 0 Å². The molecule has 118 valence electrons. The van der Waals surface area contributed by atoms with Gasteiger partial charge in [0.2, 0.25) is 0 Å². The van der Waals surface area contributed by atoms with Gasteiger partial charge in [0.05, 0.1) is 12.7 Å². The van der Waals surface area contributed by atoms with Crippen LogP contribution in [0.15, 0.2) is 17.1 Å². The van der Waals surface area contributed by atoms with Gasteiger partial charge in [-0.2, -0.15) is 4.98 Å². The summed E-state index contributed by atoms with van der Waals surface area (Å²) in [5.74, 6) is 0.171. The predicted octanol–water partition coefficient (Wildman–Crippen LogP) is -0.720. The summed E-state index contributed by atoms with van der Waals surface area (Å²) in [7, 11) is 1.15. The summed E-state index contributed by atoms with van der Waals surface area (Å²) in [6, 6.07) is 1.54. The van der Waals surface area contributed by atoms with Crippen LogP contribution in [0.1, 0.15) is 6.23 Å². The summed E-state index contributed by atoms with van der Waals surface area (Å²) in [5, 5.41) is 3.15. The second kappa shape index (κ2) is 7.15. The van der Waals surface area contributed by atoms with Crippen molar-refractivity contribution < 1.29 is 13.8 Å². The van der Waals surface area contributed by atoms with Crippen molar-refractivity contribution in [2.75, 3.05) is 39.5 Å². The lowest BCUT2D eigenvalue weighted by Crippen LogP contribution is -2.46. The highest BCUT2D eigenvalue weighted by atomic mass is 31.1. The van der Waals surface area contributed by atoms with E-state index < -0.39 is 20.1 Å². The highest BCUT2D eigenvalue weighted by Gasteiger charge is 2.25. The van der Waals surface area contributed by atoms with Gasteiger partial charge in [0, 0.05) is 19.3 Å². The van der Waals surface area contributed by atoms with E-state index in [1.807, 2.05) is 0 Å². The fraction of sp³-hybridized carbons (Fsp3) is 0.636. The van der Waals surface area contributed by atoms with E-state index in [2.05, 4.69) is 10.3 Å². The van der Waals surface area contributed by atoms with Crippen molar-refractivity contribution in [2.24, 2.45) is 0 Å². The van der Waals surface area contributed by atoms with Crippen LogP contribution in [0.2, 0.25) is 0 Å². The zero-order valence-corrected chi connectivity index (χ0v) is 13.0.